The smallest absolute Gasteiger partial charge is 0.186 e. The fraction of sp³-hybridized carbons (Fsp3) is 0.129. The maximum absolute atomic E-state index is 12.5. The summed E-state index contributed by atoms with van der Waals surface area (Å²) in [5, 5.41) is 2.54. The van der Waals surface area contributed by atoms with Gasteiger partial charge in [-0.25, -0.2) is 0 Å². The van der Waals surface area contributed by atoms with Crippen LogP contribution in [0.25, 0.3) is 44.2 Å². The van der Waals surface area contributed by atoms with E-state index in [1.54, 1.807) is 7.11 Å². The minimum absolute atomic E-state index is 0.0854. The molecule has 6 aromatic rings. The number of hydrogen-bond acceptors (Lipinski definition) is 5. The lowest BCUT2D eigenvalue weighted by Gasteiger charge is -2.29. The van der Waals surface area contributed by atoms with Gasteiger partial charge in [-0.3, -0.25) is 4.79 Å². The van der Waals surface area contributed by atoms with E-state index in [-0.39, 0.29) is 11.5 Å². The molecule has 3 heterocycles. The lowest BCUT2D eigenvalue weighted by molar-refractivity contribution is 0.177. The molecular weight excluding hydrogens is 452 g/mol. The van der Waals surface area contributed by atoms with Crippen molar-refractivity contribution in [3.8, 4) is 22.8 Å². The second kappa shape index (κ2) is 8.02. The highest BCUT2D eigenvalue weighted by molar-refractivity contribution is 6.19. The summed E-state index contributed by atoms with van der Waals surface area (Å²) in [6.45, 7) is 0. The van der Waals surface area contributed by atoms with Gasteiger partial charge >= 0.3 is 0 Å². The first-order chi connectivity index (χ1) is 17.7. The van der Waals surface area contributed by atoms with Gasteiger partial charge in [0.25, 0.3) is 0 Å². The average Bonchev–Trinajstić information content (AvgIpc) is 2.92. The molecule has 0 unspecified atom stereocenters. The molecule has 176 valence electrons. The third kappa shape index (κ3) is 3.20. The summed E-state index contributed by atoms with van der Waals surface area (Å²) < 4.78 is 25.0. The molecule has 1 aliphatic heterocycles. The van der Waals surface area contributed by atoms with E-state index in [1.807, 2.05) is 60.7 Å². The van der Waals surface area contributed by atoms with Crippen molar-refractivity contribution in [3.63, 3.8) is 0 Å². The van der Waals surface area contributed by atoms with Crippen LogP contribution >= 0.6 is 0 Å². The molecule has 4 aromatic carbocycles. The van der Waals surface area contributed by atoms with Crippen LogP contribution in [0.1, 0.15) is 23.7 Å². The molecule has 5 nitrogen and oxygen atoms in total. The highest BCUT2D eigenvalue weighted by Crippen LogP contribution is 2.48. The van der Waals surface area contributed by atoms with Gasteiger partial charge in [0.15, 0.2) is 5.43 Å². The maximum atomic E-state index is 12.5. The largest absolute Gasteiger partial charge is 0.496 e. The van der Waals surface area contributed by atoms with Crippen molar-refractivity contribution in [1.82, 2.24) is 0 Å². The van der Waals surface area contributed by atoms with Crippen molar-refractivity contribution in [2.75, 3.05) is 7.11 Å². The molecule has 0 N–H and O–H groups in total. The number of benzene rings is 4. The number of ether oxygens (including phenoxy) is 2. The first-order valence-electron chi connectivity index (χ1n) is 12.0. The van der Waals surface area contributed by atoms with Gasteiger partial charge in [0, 0.05) is 34.7 Å². The summed E-state index contributed by atoms with van der Waals surface area (Å²) in [6, 6.07) is 27.1. The van der Waals surface area contributed by atoms with E-state index < -0.39 is 0 Å². The molecule has 0 saturated carbocycles. The molecule has 5 heteroatoms. The Morgan fingerprint density at radius 3 is 2.25 bits per heavy atom. The summed E-state index contributed by atoms with van der Waals surface area (Å²) in [5.41, 5.74) is 4.46. The van der Waals surface area contributed by atoms with E-state index in [9.17, 15) is 4.79 Å². The van der Waals surface area contributed by atoms with Gasteiger partial charge in [0.1, 0.15) is 40.1 Å². The topological polar surface area (TPSA) is 61.8 Å². The van der Waals surface area contributed by atoms with Gasteiger partial charge in [-0.05, 0) is 24.5 Å². The number of methoxy groups -OCH3 is 1. The molecule has 36 heavy (non-hydrogen) atoms. The second-order valence-corrected chi connectivity index (χ2v) is 9.10. The van der Waals surface area contributed by atoms with Crippen molar-refractivity contribution in [1.29, 1.82) is 0 Å². The van der Waals surface area contributed by atoms with Crippen LogP contribution < -0.4 is 14.9 Å². The average molecular weight is 475 g/mol. The second-order valence-electron chi connectivity index (χ2n) is 9.10. The third-order valence-corrected chi connectivity index (χ3v) is 6.97. The monoisotopic (exact) mass is 474 g/mol. The summed E-state index contributed by atoms with van der Waals surface area (Å²) in [4.78, 5) is 12.5. The Bertz CT molecular complexity index is 1810. The van der Waals surface area contributed by atoms with Crippen molar-refractivity contribution in [2.24, 2.45) is 0 Å². The number of hydrogen-bond donors (Lipinski definition) is 0. The summed E-state index contributed by atoms with van der Waals surface area (Å²) in [6.07, 6.45) is 1.57. The number of fused-ring (bicyclic) bond motifs is 4. The zero-order valence-corrected chi connectivity index (χ0v) is 19.6. The van der Waals surface area contributed by atoms with Crippen LogP contribution in [0.5, 0.6) is 11.5 Å². The molecule has 7 rings (SSSR count). The fourth-order valence-corrected chi connectivity index (χ4v) is 5.32. The lowest BCUT2D eigenvalue weighted by Crippen LogP contribution is -2.16. The molecule has 0 amide bonds. The highest BCUT2D eigenvalue weighted by atomic mass is 16.5. The first kappa shape index (κ1) is 20.8. The van der Waals surface area contributed by atoms with Crippen LogP contribution in [0, 0.1) is 0 Å². The molecule has 0 radical (unpaired) electrons. The Morgan fingerprint density at radius 1 is 0.806 bits per heavy atom. The predicted molar refractivity (Wildman–Crippen MR) is 140 cm³/mol. The van der Waals surface area contributed by atoms with Gasteiger partial charge in [-0.15, -0.1) is 0 Å². The first-order valence-corrected chi connectivity index (χ1v) is 12.0. The van der Waals surface area contributed by atoms with E-state index in [2.05, 4.69) is 12.1 Å². The quantitative estimate of drug-likeness (QED) is 0.197. The number of rotatable bonds is 3. The Hall–Kier alpha value is -4.51. The van der Waals surface area contributed by atoms with Gasteiger partial charge in [0.05, 0.1) is 17.9 Å². The van der Waals surface area contributed by atoms with E-state index in [4.69, 9.17) is 18.3 Å². The third-order valence-electron chi connectivity index (χ3n) is 6.97. The van der Waals surface area contributed by atoms with Crippen LogP contribution in [0.15, 0.2) is 98.6 Å². The molecule has 0 fully saturated rings. The Kier molecular flexibility index (Phi) is 4.64. The molecular formula is C31H22O5. The van der Waals surface area contributed by atoms with Gasteiger partial charge < -0.3 is 18.3 Å². The molecule has 0 bridgehead atoms. The summed E-state index contributed by atoms with van der Waals surface area (Å²) in [5.74, 6) is 2.15. The normalized spacial score (nSPS) is 15.2. The SMILES string of the molecule is COc1cc2oc3cc(=O)cc4oc(-c5ccccc5)cc(c2c2c1CC[C@@H](c1ccccc1)O2)c43. The van der Waals surface area contributed by atoms with Crippen molar-refractivity contribution in [3.05, 3.63) is 106 Å². The van der Waals surface area contributed by atoms with E-state index >= 15 is 0 Å². The zero-order valence-electron chi connectivity index (χ0n) is 19.6. The molecule has 0 spiro atoms. The van der Waals surface area contributed by atoms with E-state index in [1.165, 1.54) is 12.1 Å². The van der Waals surface area contributed by atoms with Gasteiger partial charge in [-0.1, -0.05) is 60.7 Å². The van der Waals surface area contributed by atoms with Crippen LogP contribution in [-0.2, 0) is 6.42 Å². The maximum Gasteiger partial charge on any atom is 0.186 e. The molecule has 1 aliphatic rings. The van der Waals surface area contributed by atoms with E-state index in [0.29, 0.717) is 22.5 Å². The van der Waals surface area contributed by atoms with Crippen molar-refractivity contribution in [2.45, 2.75) is 18.9 Å². The fourth-order valence-electron chi connectivity index (χ4n) is 5.32. The van der Waals surface area contributed by atoms with Crippen LogP contribution in [0.2, 0.25) is 0 Å². The van der Waals surface area contributed by atoms with Gasteiger partial charge in [-0.2, -0.15) is 0 Å². The van der Waals surface area contributed by atoms with Crippen LogP contribution in [-0.4, -0.2) is 7.11 Å². The standard InChI is InChI=1S/C31H22O5/c1-33-25-17-28-30(31-21(25)12-13-23(36-31)18-8-4-2-5-9-18)22-16-24(19-10-6-3-7-11-19)34-26-14-20(32)15-27(35-28)29(22)26/h2-11,14-17,23H,12-13H2,1H3/t23-/m0/s1. The highest BCUT2D eigenvalue weighted by Gasteiger charge is 2.29. The van der Waals surface area contributed by atoms with E-state index in [0.717, 1.165) is 57.2 Å². The van der Waals surface area contributed by atoms with Gasteiger partial charge in [0.2, 0.25) is 0 Å². The molecule has 0 saturated heterocycles. The van der Waals surface area contributed by atoms with Crippen molar-refractivity contribution < 1.29 is 18.3 Å². The predicted octanol–water partition coefficient (Wildman–Crippen LogP) is 7.43. The molecule has 0 aliphatic carbocycles. The van der Waals surface area contributed by atoms with Crippen molar-refractivity contribution >= 4 is 32.9 Å². The minimum atomic E-state index is -0.175. The Balaban J connectivity index is 1.59. The van der Waals surface area contributed by atoms with Crippen LogP contribution in [0.4, 0.5) is 0 Å². The molecule has 1 atom stereocenters. The summed E-state index contributed by atoms with van der Waals surface area (Å²) >= 11 is 0. The van der Waals surface area contributed by atoms with Crippen LogP contribution in [0.3, 0.4) is 0 Å². The lowest BCUT2D eigenvalue weighted by atomic mass is 9.93. The Labute approximate surface area is 206 Å². The molecule has 2 aromatic heterocycles. The summed E-state index contributed by atoms with van der Waals surface area (Å²) in [7, 11) is 1.66. The minimum Gasteiger partial charge on any atom is -0.496 e. The Morgan fingerprint density at radius 2 is 1.50 bits per heavy atom. The zero-order chi connectivity index (χ0) is 24.2.